The van der Waals surface area contributed by atoms with Crippen LogP contribution >= 0.6 is 11.6 Å². The minimum absolute atomic E-state index is 0.0796. The molecule has 0 aromatic heterocycles. The lowest BCUT2D eigenvalue weighted by molar-refractivity contribution is 0.357. The highest BCUT2D eigenvalue weighted by atomic mass is 35.5. The van der Waals surface area contributed by atoms with Crippen molar-refractivity contribution in [3.63, 3.8) is 0 Å². The highest BCUT2D eigenvalue weighted by Crippen LogP contribution is 2.36. The van der Waals surface area contributed by atoms with E-state index in [0.717, 1.165) is 31.2 Å². The Hall–Kier alpha value is -0.580. The second-order valence-corrected chi connectivity index (χ2v) is 7.91. The van der Waals surface area contributed by atoms with Gasteiger partial charge < -0.3 is 0 Å². The lowest BCUT2D eigenvalue weighted by Gasteiger charge is -2.24. The Morgan fingerprint density at radius 3 is 2.40 bits per heavy atom. The van der Waals surface area contributed by atoms with Gasteiger partial charge in [0.05, 0.1) is 4.90 Å². The number of halogens is 1. The molecule has 0 radical (unpaired) electrons. The number of sulfonamides is 1. The zero-order valence-electron chi connectivity index (χ0n) is 12.0. The van der Waals surface area contributed by atoms with E-state index in [-0.39, 0.29) is 6.04 Å². The van der Waals surface area contributed by atoms with E-state index in [1.165, 1.54) is 4.31 Å². The first-order chi connectivity index (χ1) is 9.46. The van der Waals surface area contributed by atoms with Gasteiger partial charge in [0.1, 0.15) is 0 Å². The van der Waals surface area contributed by atoms with Crippen molar-refractivity contribution in [2.75, 3.05) is 12.9 Å². The van der Waals surface area contributed by atoms with Crippen molar-refractivity contribution < 1.29 is 8.42 Å². The Bertz CT molecular complexity index is 537. The van der Waals surface area contributed by atoms with Crippen LogP contribution in [0.3, 0.4) is 0 Å². The van der Waals surface area contributed by atoms with Crippen LogP contribution in [0.15, 0.2) is 29.2 Å². The van der Waals surface area contributed by atoms with Gasteiger partial charge in [-0.2, -0.15) is 4.31 Å². The van der Waals surface area contributed by atoms with Gasteiger partial charge in [-0.3, -0.25) is 0 Å². The lowest BCUT2D eigenvalue weighted by Crippen LogP contribution is -2.36. The van der Waals surface area contributed by atoms with Crippen molar-refractivity contribution in [3.05, 3.63) is 29.8 Å². The van der Waals surface area contributed by atoms with Crippen LogP contribution in [-0.4, -0.2) is 31.7 Å². The third-order valence-corrected chi connectivity index (χ3v) is 6.30. The molecule has 1 aliphatic carbocycles. The normalized spacial score (nSPS) is 17.4. The molecule has 0 saturated heterocycles. The summed E-state index contributed by atoms with van der Waals surface area (Å²) < 4.78 is 26.6. The molecule has 0 amide bonds. The molecule has 20 heavy (non-hydrogen) atoms. The maximum absolute atomic E-state index is 12.5. The number of aryl methyl sites for hydroxylation is 1. The highest BCUT2D eigenvalue weighted by molar-refractivity contribution is 7.89. The zero-order valence-corrected chi connectivity index (χ0v) is 13.6. The predicted molar refractivity (Wildman–Crippen MR) is 82.6 cm³/mol. The second kappa shape index (κ2) is 6.46. The van der Waals surface area contributed by atoms with E-state index in [9.17, 15) is 8.42 Å². The summed E-state index contributed by atoms with van der Waals surface area (Å²) >= 11 is 5.66. The lowest BCUT2D eigenvalue weighted by atomic mass is 10.1. The van der Waals surface area contributed by atoms with Gasteiger partial charge in [0.25, 0.3) is 0 Å². The van der Waals surface area contributed by atoms with E-state index in [1.807, 2.05) is 19.1 Å². The SMILES string of the molecule is CC(C1CC1)N(C)S(=O)(=O)c1ccc(CCCCl)cc1. The van der Waals surface area contributed by atoms with Crippen LogP contribution in [0, 0.1) is 5.92 Å². The summed E-state index contributed by atoms with van der Waals surface area (Å²) in [4.78, 5) is 0.377. The number of rotatable bonds is 7. The summed E-state index contributed by atoms with van der Waals surface area (Å²) in [6, 6.07) is 7.25. The van der Waals surface area contributed by atoms with Crippen molar-refractivity contribution in [1.82, 2.24) is 4.31 Å². The van der Waals surface area contributed by atoms with Crippen molar-refractivity contribution in [3.8, 4) is 0 Å². The summed E-state index contributed by atoms with van der Waals surface area (Å²) in [5.74, 6) is 1.15. The standard InChI is InChI=1S/C15H22ClNO2S/c1-12(14-7-8-14)17(2)20(18,19)15-9-5-13(6-10-15)4-3-11-16/h5-6,9-10,12,14H,3-4,7-8,11H2,1-2H3. The first-order valence-electron chi connectivity index (χ1n) is 7.09. The second-order valence-electron chi connectivity index (χ2n) is 5.54. The first-order valence-corrected chi connectivity index (χ1v) is 9.07. The fraction of sp³-hybridized carbons (Fsp3) is 0.600. The minimum atomic E-state index is -3.37. The predicted octanol–water partition coefficient (Wildman–Crippen LogP) is 3.28. The summed E-state index contributed by atoms with van der Waals surface area (Å²) in [7, 11) is -1.69. The summed E-state index contributed by atoms with van der Waals surface area (Å²) in [6.45, 7) is 1.99. The maximum Gasteiger partial charge on any atom is 0.243 e. The monoisotopic (exact) mass is 315 g/mol. The fourth-order valence-corrected chi connectivity index (χ4v) is 3.92. The van der Waals surface area contributed by atoms with Crippen molar-refractivity contribution >= 4 is 21.6 Å². The molecule has 0 heterocycles. The fourth-order valence-electron chi connectivity index (χ4n) is 2.36. The first kappa shape index (κ1) is 15.8. The molecule has 1 saturated carbocycles. The molecule has 1 aliphatic rings. The maximum atomic E-state index is 12.5. The molecule has 0 aliphatic heterocycles. The van der Waals surface area contributed by atoms with Crippen LogP contribution in [0.1, 0.15) is 31.7 Å². The Labute approximate surface area is 127 Å². The molecule has 0 spiro atoms. The van der Waals surface area contributed by atoms with Gasteiger partial charge in [0, 0.05) is 19.0 Å². The zero-order chi connectivity index (χ0) is 14.8. The molecule has 1 atom stereocenters. The third-order valence-electron chi connectivity index (χ3n) is 4.08. The van der Waals surface area contributed by atoms with Gasteiger partial charge >= 0.3 is 0 Å². The van der Waals surface area contributed by atoms with Crippen LogP contribution in [0.25, 0.3) is 0 Å². The van der Waals surface area contributed by atoms with E-state index >= 15 is 0 Å². The summed E-state index contributed by atoms with van der Waals surface area (Å²) in [6.07, 6.45) is 4.07. The van der Waals surface area contributed by atoms with Crippen LogP contribution < -0.4 is 0 Å². The van der Waals surface area contributed by atoms with Gasteiger partial charge in [-0.25, -0.2) is 8.42 Å². The molecule has 5 heteroatoms. The van der Waals surface area contributed by atoms with E-state index in [4.69, 9.17) is 11.6 Å². The molecule has 0 bridgehead atoms. The quantitative estimate of drug-likeness (QED) is 0.724. The largest absolute Gasteiger partial charge is 0.243 e. The van der Waals surface area contributed by atoms with Crippen molar-refractivity contribution in [1.29, 1.82) is 0 Å². The molecule has 0 N–H and O–H groups in total. The van der Waals surface area contributed by atoms with E-state index in [0.29, 0.717) is 16.7 Å². The smallest absolute Gasteiger partial charge is 0.207 e. The van der Waals surface area contributed by atoms with Crippen LogP contribution in [0.4, 0.5) is 0 Å². The van der Waals surface area contributed by atoms with Crippen LogP contribution in [-0.2, 0) is 16.4 Å². The van der Waals surface area contributed by atoms with Crippen LogP contribution in [0.5, 0.6) is 0 Å². The van der Waals surface area contributed by atoms with Crippen molar-refractivity contribution in [2.45, 2.75) is 43.5 Å². The number of benzene rings is 1. The van der Waals surface area contributed by atoms with Gasteiger partial charge in [0.2, 0.25) is 10.0 Å². The molecule has 1 fully saturated rings. The third kappa shape index (κ3) is 3.54. The van der Waals surface area contributed by atoms with Crippen molar-refractivity contribution in [2.24, 2.45) is 5.92 Å². The Morgan fingerprint density at radius 2 is 1.90 bits per heavy atom. The van der Waals surface area contributed by atoms with Gasteiger partial charge in [-0.05, 0) is 56.2 Å². The summed E-state index contributed by atoms with van der Waals surface area (Å²) in [5, 5.41) is 0. The number of hydrogen-bond acceptors (Lipinski definition) is 2. The molecule has 1 unspecified atom stereocenters. The number of hydrogen-bond donors (Lipinski definition) is 0. The average molecular weight is 316 g/mol. The molecule has 112 valence electrons. The highest BCUT2D eigenvalue weighted by Gasteiger charge is 2.35. The molecular formula is C15H22ClNO2S. The molecule has 1 aromatic rings. The molecule has 1 aromatic carbocycles. The van der Waals surface area contributed by atoms with E-state index in [1.54, 1.807) is 19.2 Å². The Balaban J connectivity index is 2.12. The van der Waals surface area contributed by atoms with Crippen LogP contribution in [0.2, 0.25) is 0 Å². The van der Waals surface area contributed by atoms with Gasteiger partial charge in [-0.15, -0.1) is 11.6 Å². The topological polar surface area (TPSA) is 37.4 Å². The Morgan fingerprint density at radius 1 is 1.30 bits per heavy atom. The minimum Gasteiger partial charge on any atom is -0.207 e. The molecule has 2 rings (SSSR count). The molecule has 3 nitrogen and oxygen atoms in total. The van der Waals surface area contributed by atoms with Gasteiger partial charge in [-0.1, -0.05) is 12.1 Å². The van der Waals surface area contributed by atoms with E-state index < -0.39 is 10.0 Å². The number of nitrogens with zero attached hydrogens (tertiary/aromatic N) is 1. The average Bonchev–Trinajstić information content (AvgIpc) is 3.28. The Kier molecular flexibility index (Phi) is 5.10. The molecular weight excluding hydrogens is 294 g/mol. The van der Waals surface area contributed by atoms with Gasteiger partial charge in [0.15, 0.2) is 0 Å². The van der Waals surface area contributed by atoms with E-state index in [2.05, 4.69) is 0 Å². The summed E-state index contributed by atoms with van der Waals surface area (Å²) in [5.41, 5.74) is 1.13. The number of alkyl halides is 1.